The Labute approximate surface area is 180 Å². The van der Waals surface area contributed by atoms with Gasteiger partial charge < -0.3 is 5.32 Å². The number of hydrogen-bond acceptors (Lipinski definition) is 5. The van der Waals surface area contributed by atoms with Crippen molar-refractivity contribution in [3.8, 4) is 0 Å². The zero-order valence-electron chi connectivity index (χ0n) is 16.4. The molecule has 4 nitrogen and oxygen atoms in total. The summed E-state index contributed by atoms with van der Waals surface area (Å²) in [6, 6.07) is 4.99. The molecular weight excluding hydrogens is 431 g/mol. The van der Waals surface area contributed by atoms with Crippen LogP contribution in [-0.2, 0) is 23.8 Å². The van der Waals surface area contributed by atoms with E-state index in [1.54, 1.807) is 18.3 Å². The van der Waals surface area contributed by atoms with Crippen molar-refractivity contribution in [1.82, 2.24) is 9.97 Å². The van der Waals surface area contributed by atoms with E-state index >= 15 is 0 Å². The van der Waals surface area contributed by atoms with Gasteiger partial charge in [-0.05, 0) is 49.8 Å². The third-order valence-corrected chi connectivity index (χ3v) is 7.47. The SMILES string of the molecule is CC1CCc2c(sc3ncnc(SC(C)C(=O)Nc4ccccc4C(F)(F)F)c23)C1. The molecule has 2 unspecified atom stereocenters. The van der Waals surface area contributed by atoms with Crippen molar-refractivity contribution in [2.24, 2.45) is 5.92 Å². The highest BCUT2D eigenvalue weighted by Gasteiger charge is 2.34. The fourth-order valence-corrected chi connectivity index (χ4v) is 5.99. The Morgan fingerprint density at radius 1 is 1.30 bits per heavy atom. The zero-order valence-corrected chi connectivity index (χ0v) is 18.0. The predicted molar refractivity (Wildman–Crippen MR) is 114 cm³/mol. The minimum absolute atomic E-state index is 0.239. The van der Waals surface area contributed by atoms with Gasteiger partial charge in [0.1, 0.15) is 16.2 Å². The second-order valence-electron chi connectivity index (χ2n) is 7.50. The summed E-state index contributed by atoms with van der Waals surface area (Å²) in [5.41, 5.74) is 0.157. The summed E-state index contributed by atoms with van der Waals surface area (Å²) < 4.78 is 39.6. The topological polar surface area (TPSA) is 54.9 Å². The first-order chi connectivity index (χ1) is 14.2. The molecular formula is C21H20F3N3OS2. The van der Waals surface area contributed by atoms with E-state index in [-0.39, 0.29) is 5.69 Å². The average Bonchev–Trinajstić information content (AvgIpc) is 3.05. The van der Waals surface area contributed by atoms with Gasteiger partial charge in [0.25, 0.3) is 0 Å². The van der Waals surface area contributed by atoms with Crippen molar-refractivity contribution >= 4 is 44.9 Å². The van der Waals surface area contributed by atoms with E-state index in [2.05, 4.69) is 22.2 Å². The number of para-hydroxylation sites is 1. The number of amides is 1. The van der Waals surface area contributed by atoms with Crippen LogP contribution < -0.4 is 5.32 Å². The third-order valence-electron chi connectivity index (χ3n) is 5.20. The number of anilines is 1. The Bertz CT molecular complexity index is 1100. The van der Waals surface area contributed by atoms with Crippen LogP contribution in [0.5, 0.6) is 0 Å². The molecule has 1 amide bonds. The van der Waals surface area contributed by atoms with Crippen LogP contribution in [0.3, 0.4) is 0 Å². The summed E-state index contributed by atoms with van der Waals surface area (Å²) in [4.78, 5) is 23.7. The number of hydrogen-bond donors (Lipinski definition) is 1. The van der Waals surface area contributed by atoms with Gasteiger partial charge in [0.15, 0.2) is 0 Å². The summed E-state index contributed by atoms with van der Waals surface area (Å²) in [6.07, 6.45) is 0.0232. The molecule has 0 saturated heterocycles. The standard InChI is InChI=1S/C21H20F3N3OS2/c1-11-7-8-13-16(9-11)30-20-17(13)19(25-10-26-20)29-12(2)18(28)27-15-6-4-3-5-14(15)21(22,23)24/h3-6,10-12H,7-9H2,1-2H3,(H,27,28). The molecule has 0 bridgehead atoms. The van der Waals surface area contributed by atoms with Crippen LogP contribution in [0.4, 0.5) is 18.9 Å². The van der Waals surface area contributed by atoms with Crippen LogP contribution in [0.25, 0.3) is 10.2 Å². The predicted octanol–water partition coefficient (Wildman–Crippen LogP) is 5.95. The van der Waals surface area contributed by atoms with E-state index in [0.717, 1.165) is 35.5 Å². The number of fused-ring (bicyclic) bond motifs is 3. The van der Waals surface area contributed by atoms with Crippen molar-refractivity contribution in [1.29, 1.82) is 0 Å². The molecule has 1 aliphatic carbocycles. The molecule has 30 heavy (non-hydrogen) atoms. The molecule has 3 aromatic rings. The van der Waals surface area contributed by atoms with Crippen molar-refractivity contribution in [3.05, 3.63) is 46.6 Å². The third kappa shape index (κ3) is 4.18. The first-order valence-corrected chi connectivity index (χ1v) is 11.3. The van der Waals surface area contributed by atoms with Gasteiger partial charge in [-0.2, -0.15) is 13.2 Å². The molecule has 2 aromatic heterocycles. The van der Waals surface area contributed by atoms with Crippen molar-refractivity contribution in [2.75, 3.05) is 5.32 Å². The maximum atomic E-state index is 13.2. The Morgan fingerprint density at radius 3 is 2.83 bits per heavy atom. The van der Waals surface area contributed by atoms with Crippen molar-refractivity contribution < 1.29 is 18.0 Å². The highest BCUT2D eigenvalue weighted by molar-refractivity contribution is 8.00. The molecule has 9 heteroatoms. The smallest absolute Gasteiger partial charge is 0.325 e. The van der Waals surface area contributed by atoms with E-state index in [1.807, 2.05) is 0 Å². The minimum atomic E-state index is -4.54. The summed E-state index contributed by atoms with van der Waals surface area (Å²) in [5.74, 6) is 0.134. The van der Waals surface area contributed by atoms with E-state index in [0.29, 0.717) is 10.9 Å². The Kier molecular flexibility index (Phi) is 5.76. The molecule has 158 valence electrons. The summed E-state index contributed by atoms with van der Waals surface area (Å²) >= 11 is 2.92. The monoisotopic (exact) mass is 451 g/mol. The van der Waals surface area contributed by atoms with E-state index in [4.69, 9.17) is 0 Å². The number of benzene rings is 1. The molecule has 0 fully saturated rings. The van der Waals surface area contributed by atoms with Crippen LogP contribution in [-0.4, -0.2) is 21.1 Å². The van der Waals surface area contributed by atoms with Gasteiger partial charge in [0.2, 0.25) is 5.91 Å². The number of aryl methyl sites for hydroxylation is 1. The maximum Gasteiger partial charge on any atom is 0.418 e. The first-order valence-electron chi connectivity index (χ1n) is 9.63. The first kappa shape index (κ1) is 21.1. The number of thiophene rings is 1. The van der Waals surface area contributed by atoms with Crippen LogP contribution in [0, 0.1) is 5.92 Å². The normalized spacial score (nSPS) is 17.6. The van der Waals surface area contributed by atoms with Crippen molar-refractivity contribution in [2.45, 2.75) is 49.6 Å². The van der Waals surface area contributed by atoms with Crippen molar-refractivity contribution in [3.63, 3.8) is 0 Å². The molecule has 0 spiro atoms. The Balaban J connectivity index is 1.57. The van der Waals surface area contributed by atoms with Gasteiger partial charge in [-0.1, -0.05) is 30.8 Å². The van der Waals surface area contributed by atoms with E-state index in [9.17, 15) is 18.0 Å². The molecule has 0 radical (unpaired) electrons. The fraction of sp³-hybridized carbons (Fsp3) is 0.381. The molecule has 4 rings (SSSR count). The number of carbonyl (C=O) groups excluding carboxylic acids is 1. The van der Waals surface area contributed by atoms with Gasteiger partial charge in [-0.15, -0.1) is 11.3 Å². The lowest BCUT2D eigenvalue weighted by Gasteiger charge is -2.18. The second-order valence-corrected chi connectivity index (χ2v) is 9.92. The molecule has 1 N–H and O–H groups in total. The van der Waals surface area contributed by atoms with Crippen LogP contribution in [0.15, 0.2) is 35.6 Å². The quantitative estimate of drug-likeness (QED) is 0.393. The second kappa shape index (κ2) is 8.19. The molecule has 2 heterocycles. The minimum Gasteiger partial charge on any atom is -0.325 e. The maximum absolute atomic E-state index is 13.2. The van der Waals surface area contributed by atoms with E-state index < -0.39 is 22.9 Å². The molecule has 1 aliphatic rings. The number of nitrogens with one attached hydrogen (secondary N) is 1. The molecule has 0 aliphatic heterocycles. The van der Waals surface area contributed by atoms with Crippen LogP contribution in [0.1, 0.15) is 36.3 Å². The average molecular weight is 452 g/mol. The Hall–Kier alpha value is -2.13. The van der Waals surface area contributed by atoms with Crippen LogP contribution in [0.2, 0.25) is 0 Å². The number of carbonyl (C=O) groups is 1. The van der Waals surface area contributed by atoms with Gasteiger partial charge in [-0.25, -0.2) is 9.97 Å². The zero-order chi connectivity index (χ0) is 21.5. The summed E-state index contributed by atoms with van der Waals surface area (Å²) in [6.45, 7) is 3.91. The van der Waals surface area contributed by atoms with Gasteiger partial charge in [-0.3, -0.25) is 4.79 Å². The Morgan fingerprint density at radius 2 is 2.07 bits per heavy atom. The lowest BCUT2D eigenvalue weighted by atomic mass is 9.89. The highest BCUT2D eigenvalue weighted by Crippen LogP contribution is 2.41. The largest absolute Gasteiger partial charge is 0.418 e. The van der Waals surface area contributed by atoms with Gasteiger partial charge >= 0.3 is 6.18 Å². The van der Waals surface area contributed by atoms with Crippen LogP contribution >= 0.6 is 23.1 Å². The number of halogens is 3. The number of thioether (sulfide) groups is 1. The number of alkyl halides is 3. The summed E-state index contributed by atoms with van der Waals surface area (Å²) in [5, 5.41) is 3.50. The van der Waals surface area contributed by atoms with E-state index in [1.165, 1.54) is 46.7 Å². The van der Waals surface area contributed by atoms with Gasteiger partial charge in [0.05, 0.1) is 16.5 Å². The lowest BCUT2D eigenvalue weighted by Crippen LogP contribution is -2.24. The molecule has 0 saturated carbocycles. The van der Waals surface area contributed by atoms with Gasteiger partial charge in [0, 0.05) is 10.3 Å². The number of aromatic nitrogens is 2. The molecule has 2 atom stereocenters. The number of rotatable bonds is 4. The lowest BCUT2D eigenvalue weighted by molar-refractivity contribution is -0.137. The summed E-state index contributed by atoms with van der Waals surface area (Å²) in [7, 11) is 0. The highest BCUT2D eigenvalue weighted by atomic mass is 32.2. The molecule has 1 aromatic carbocycles. The fourth-order valence-electron chi connectivity index (χ4n) is 3.63. The number of nitrogens with zero attached hydrogens (tertiary/aromatic N) is 2.